The zero-order valence-electron chi connectivity index (χ0n) is 6.02. The van der Waals surface area contributed by atoms with E-state index >= 15 is 0 Å². The number of thioether (sulfide) groups is 1. The van der Waals surface area contributed by atoms with Crippen LogP contribution >= 0.6 is 11.8 Å². The Balaban J connectivity index is 2.56. The number of oxazole rings is 1. The highest BCUT2D eigenvalue weighted by Crippen LogP contribution is 2.21. The van der Waals surface area contributed by atoms with Gasteiger partial charge < -0.3 is 4.42 Å². The third-order valence-corrected chi connectivity index (χ3v) is 1.85. The minimum Gasteiger partial charge on any atom is -0.431 e. The van der Waals surface area contributed by atoms with Crippen LogP contribution in [0.25, 0.3) is 11.1 Å². The molecule has 1 aromatic heterocycles. The maximum atomic E-state index is 8.36. The molecule has 0 aliphatic carbocycles. The van der Waals surface area contributed by atoms with E-state index in [4.69, 9.17) is 9.68 Å². The third-order valence-electron chi connectivity index (χ3n) is 1.41. The number of aromatic nitrogens is 1. The minimum absolute atomic E-state index is 0.402. The largest absolute Gasteiger partial charge is 0.431 e. The van der Waals surface area contributed by atoms with Crippen LogP contribution in [0.5, 0.6) is 0 Å². The van der Waals surface area contributed by atoms with Crippen LogP contribution in [0, 0.1) is 10.7 Å². The average molecular weight is 176 g/mol. The molecule has 1 aromatic carbocycles. The van der Waals surface area contributed by atoms with E-state index in [0.29, 0.717) is 5.22 Å². The number of rotatable bonds is 1. The second-order valence-corrected chi connectivity index (χ2v) is 2.88. The molecule has 0 bridgehead atoms. The summed E-state index contributed by atoms with van der Waals surface area (Å²) >= 11 is 0.929. The zero-order valence-corrected chi connectivity index (χ0v) is 6.84. The molecule has 12 heavy (non-hydrogen) atoms. The summed E-state index contributed by atoms with van der Waals surface area (Å²) in [4.78, 5) is 4.08. The normalized spacial score (nSPS) is 9.92. The summed E-state index contributed by atoms with van der Waals surface area (Å²) in [5.74, 6) is 0. The van der Waals surface area contributed by atoms with Gasteiger partial charge in [-0.2, -0.15) is 5.26 Å². The van der Waals surface area contributed by atoms with Crippen LogP contribution in [0.1, 0.15) is 0 Å². The molecule has 0 aliphatic heterocycles. The highest BCUT2D eigenvalue weighted by atomic mass is 32.2. The predicted molar refractivity (Wildman–Crippen MR) is 45.5 cm³/mol. The van der Waals surface area contributed by atoms with Gasteiger partial charge in [-0.25, -0.2) is 4.98 Å². The highest BCUT2D eigenvalue weighted by molar-refractivity contribution is 8.03. The Labute approximate surface area is 73.0 Å². The average Bonchev–Trinajstić information content (AvgIpc) is 2.47. The molecular weight excluding hydrogens is 172 g/mol. The molecule has 0 N–H and O–H groups in total. The second kappa shape index (κ2) is 2.88. The molecule has 58 valence electrons. The molecule has 0 unspecified atom stereocenters. The van der Waals surface area contributed by atoms with E-state index in [2.05, 4.69) is 4.98 Å². The van der Waals surface area contributed by atoms with E-state index in [9.17, 15) is 0 Å². The number of benzene rings is 1. The van der Waals surface area contributed by atoms with Crippen LogP contribution in [-0.4, -0.2) is 4.98 Å². The van der Waals surface area contributed by atoms with Gasteiger partial charge in [0, 0.05) is 0 Å². The first-order valence-corrected chi connectivity index (χ1v) is 4.13. The molecule has 3 nitrogen and oxygen atoms in total. The van der Waals surface area contributed by atoms with E-state index in [-0.39, 0.29) is 0 Å². The lowest BCUT2D eigenvalue weighted by Gasteiger charge is -1.79. The molecule has 0 spiro atoms. The molecule has 4 heteroatoms. The SMILES string of the molecule is N#CSc1nc2ccccc2o1. The maximum Gasteiger partial charge on any atom is 0.271 e. The van der Waals surface area contributed by atoms with Gasteiger partial charge in [0.15, 0.2) is 5.58 Å². The van der Waals surface area contributed by atoms with Gasteiger partial charge in [-0.1, -0.05) is 12.1 Å². The molecule has 0 aliphatic rings. The summed E-state index contributed by atoms with van der Waals surface area (Å²) in [5.41, 5.74) is 1.51. The number of fused-ring (bicyclic) bond motifs is 1. The molecule has 0 saturated heterocycles. The second-order valence-electron chi connectivity index (χ2n) is 2.14. The van der Waals surface area contributed by atoms with E-state index in [1.807, 2.05) is 29.7 Å². The summed E-state index contributed by atoms with van der Waals surface area (Å²) in [6, 6.07) is 7.42. The fraction of sp³-hybridized carbons (Fsp3) is 0. The number of hydrogen-bond acceptors (Lipinski definition) is 4. The molecular formula is C8H4N2OS. The molecule has 2 aromatic rings. The van der Waals surface area contributed by atoms with Gasteiger partial charge in [0.2, 0.25) is 0 Å². The van der Waals surface area contributed by atoms with Crippen LogP contribution in [0.3, 0.4) is 0 Å². The fourth-order valence-electron chi connectivity index (χ4n) is 0.934. The summed E-state index contributed by atoms with van der Waals surface area (Å²) in [6.07, 6.45) is 0. The van der Waals surface area contributed by atoms with E-state index < -0.39 is 0 Å². The minimum atomic E-state index is 0.402. The Hall–Kier alpha value is -1.47. The van der Waals surface area contributed by atoms with Crippen molar-refractivity contribution in [2.75, 3.05) is 0 Å². The zero-order chi connectivity index (χ0) is 8.39. The van der Waals surface area contributed by atoms with Crippen molar-refractivity contribution in [3.63, 3.8) is 0 Å². The Morgan fingerprint density at radius 2 is 2.25 bits per heavy atom. The first-order valence-electron chi connectivity index (χ1n) is 3.31. The molecule has 0 atom stereocenters. The summed E-state index contributed by atoms with van der Waals surface area (Å²) in [5, 5.41) is 10.7. The molecule has 1 heterocycles. The monoisotopic (exact) mass is 176 g/mol. The van der Waals surface area contributed by atoms with Crippen LogP contribution in [-0.2, 0) is 0 Å². The van der Waals surface area contributed by atoms with Crippen LogP contribution in [0.2, 0.25) is 0 Å². The van der Waals surface area contributed by atoms with E-state index in [0.717, 1.165) is 22.9 Å². The summed E-state index contributed by atoms with van der Waals surface area (Å²) < 4.78 is 5.24. The van der Waals surface area contributed by atoms with E-state index in [1.165, 1.54) is 0 Å². The summed E-state index contributed by atoms with van der Waals surface area (Å²) in [7, 11) is 0. The highest BCUT2D eigenvalue weighted by Gasteiger charge is 2.03. The van der Waals surface area contributed by atoms with Crippen molar-refractivity contribution in [2.24, 2.45) is 0 Å². The number of thiocyanates is 1. The third kappa shape index (κ3) is 1.15. The van der Waals surface area contributed by atoms with Crippen LogP contribution in [0.15, 0.2) is 33.9 Å². The predicted octanol–water partition coefficient (Wildman–Crippen LogP) is 2.40. The lowest BCUT2D eigenvalue weighted by atomic mass is 10.3. The lowest BCUT2D eigenvalue weighted by molar-refractivity contribution is 0.490. The van der Waals surface area contributed by atoms with Crippen molar-refractivity contribution in [1.82, 2.24) is 4.98 Å². The van der Waals surface area contributed by atoms with Crippen molar-refractivity contribution in [3.8, 4) is 5.40 Å². The van der Waals surface area contributed by atoms with Gasteiger partial charge in [0.05, 0.1) is 11.8 Å². The number of nitriles is 1. The van der Waals surface area contributed by atoms with Crippen molar-refractivity contribution >= 4 is 22.9 Å². The van der Waals surface area contributed by atoms with Crippen molar-refractivity contribution in [2.45, 2.75) is 5.22 Å². The molecule has 0 radical (unpaired) electrons. The number of para-hydroxylation sites is 2. The quantitative estimate of drug-likeness (QED) is 0.494. The molecule has 0 amide bonds. The maximum absolute atomic E-state index is 8.36. The van der Waals surface area contributed by atoms with Gasteiger partial charge in [-0.3, -0.25) is 0 Å². The molecule has 0 saturated carbocycles. The lowest BCUT2D eigenvalue weighted by Crippen LogP contribution is -1.65. The first-order chi connectivity index (χ1) is 5.90. The first kappa shape index (κ1) is 7.19. The fourth-order valence-corrected chi connectivity index (χ4v) is 1.29. The van der Waals surface area contributed by atoms with Crippen molar-refractivity contribution < 1.29 is 4.42 Å². The number of nitrogens with zero attached hydrogens (tertiary/aromatic N) is 2. The van der Waals surface area contributed by atoms with Crippen LogP contribution in [0.4, 0.5) is 0 Å². The van der Waals surface area contributed by atoms with Gasteiger partial charge in [-0.15, -0.1) is 0 Å². The van der Waals surface area contributed by atoms with Gasteiger partial charge in [0.25, 0.3) is 5.22 Å². The smallest absolute Gasteiger partial charge is 0.271 e. The van der Waals surface area contributed by atoms with Gasteiger partial charge >= 0.3 is 0 Å². The Bertz CT molecular complexity index is 410. The standard InChI is InChI=1S/C8H4N2OS/c9-5-12-8-10-6-3-1-2-4-7(6)11-8/h1-4H. The van der Waals surface area contributed by atoms with Crippen molar-refractivity contribution in [1.29, 1.82) is 5.26 Å². The Morgan fingerprint density at radius 1 is 1.42 bits per heavy atom. The Kier molecular flexibility index (Phi) is 1.72. The Morgan fingerprint density at radius 3 is 3.00 bits per heavy atom. The summed E-state index contributed by atoms with van der Waals surface area (Å²) in [6.45, 7) is 0. The van der Waals surface area contributed by atoms with Crippen molar-refractivity contribution in [3.05, 3.63) is 24.3 Å². The topological polar surface area (TPSA) is 49.8 Å². The van der Waals surface area contributed by atoms with Gasteiger partial charge in [-0.05, 0) is 12.1 Å². The van der Waals surface area contributed by atoms with Gasteiger partial charge in [0.1, 0.15) is 10.9 Å². The molecule has 2 rings (SSSR count). The van der Waals surface area contributed by atoms with Crippen LogP contribution < -0.4 is 0 Å². The van der Waals surface area contributed by atoms with E-state index in [1.54, 1.807) is 0 Å². The number of hydrogen-bond donors (Lipinski definition) is 0. The molecule has 0 fully saturated rings.